The van der Waals surface area contributed by atoms with E-state index in [1.54, 1.807) is 0 Å². The first-order valence-corrected chi connectivity index (χ1v) is 8.40. The number of fused-ring (bicyclic) bond motifs is 1. The lowest BCUT2D eigenvalue weighted by molar-refractivity contribution is 0.174. The van der Waals surface area contributed by atoms with Crippen molar-refractivity contribution in [2.24, 2.45) is 0 Å². The van der Waals surface area contributed by atoms with Crippen LogP contribution in [0.1, 0.15) is 17.5 Å². The Kier molecular flexibility index (Phi) is 5.79. The monoisotopic (exact) mass is 355 g/mol. The molecule has 0 saturated heterocycles. The fourth-order valence-electron chi connectivity index (χ4n) is 3.08. The van der Waals surface area contributed by atoms with Gasteiger partial charge in [0.15, 0.2) is 11.5 Å². The standard InChI is InChI=1S/C21H21NO2.ClH/c1-2-4-19(5-3-1)15-22-12-10-17(11-13-22)6-7-18-8-9-20-21(14-18)24-16-23-20;/h1-10,14H,11-13,15-16H2;1H/b7-6+;. The first kappa shape index (κ1) is 17.6. The zero-order valence-electron chi connectivity index (χ0n) is 14.1. The number of nitrogens with zero attached hydrogens (tertiary/aromatic N) is 1. The third-order valence-corrected chi connectivity index (χ3v) is 4.46. The van der Waals surface area contributed by atoms with Crippen LogP contribution in [0.25, 0.3) is 6.08 Å². The van der Waals surface area contributed by atoms with Gasteiger partial charge < -0.3 is 9.47 Å². The lowest BCUT2D eigenvalue weighted by Gasteiger charge is -2.25. The molecule has 0 spiro atoms. The Balaban J connectivity index is 0.00000182. The molecule has 0 fully saturated rings. The van der Waals surface area contributed by atoms with E-state index in [1.807, 2.05) is 12.1 Å². The van der Waals surface area contributed by atoms with Gasteiger partial charge in [-0.1, -0.05) is 54.6 Å². The number of hydrogen-bond acceptors (Lipinski definition) is 3. The third-order valence-electron chi connectivity index (χ3n) is 4.46. The maximum atomic E-state index is 5.42. The smallest absolute Gasteiger partial charge is 0.231 e. The van der Waals surface area contributed by atoms with E-state index in [9.17, 15) is 0 Å². The minimum Gasteiger partial charge on any atom is -0.454 e. The summed E-state index contributed by atoms with van der Waals surface area (Å²) in [4.78, 5) is 2.48. The fraction of sp³-hybridized carbons (Fsp3) is 0.238. The molecule has 0 unspecified atom stereocenters. The maximum absolute atomic E-state index is 5.42. The number of ether oxygens (including phenoxy) is 2. The van der Waals surface area contributed by atoms with Gasteiger partial charge in [0.2, 0.25) is 6.79 Å². The summed E-state index contributed by atoms with van der Waals surface area (Å²) in [6, 6.07) is 16.7. The van der Waals surface area contributed by atoms with Gasteiger partial charge in [-0.3, -0.25) is 4.90 Å². The summed E-state index contributed by atoms with van der Waals surface area (Å²) >= 11 is 0. The summed E-state index contributed by atoms with van der Waals surface area (Å²) in [5.41, 5.74) is 3.93. The van der Waals surface area contributed by atoms with Crippen LogP contribution in [0.15, 0.2) is 66.3 Å². The highest BCUT2D eigenvalue weighted by molar-refractivity contribution is 5.85. The molecule has 4 rings (SSSR count). The van der Waals surface area contributed by atoms with E-state index in [-0.39, 0.29) is 12.4 Å². The Labute approximate surface area is 155 Å². The van der Waals surface area contributed by atoms with Crippen LogP contribution in [-0.4, -0.2) is 24.8 Å². The third kappa shape index (κ3) is 4.44. The molecular weight excluding hydrogens is 334 g/mol. The quantitative estimate of drug-likeness (QED) is 0.794. The van der Waals surface area contributed by atoms with Crippen LogP contribution in [0.5, 0.6) is 11.5 Å². The van der Waals surface area contributed by atoms with Crippen LogP contribution < -0.4 is 9.47 Å². The van der Waals surface area contributed by atoms with Gasteiger partial charge in [0.1, 0.15) is 0 Å². The lowest BCUT2D eigenvalue weighted by atomic mass is 10.1. The normalized spacial score (nSPS) is 16.6. The second kappa shape index (κ2) is 8.24. The molecule has 0 bridgehead atoms. The van der Waals surface area contributed by atoms with Gasteiger partial charge >= 0.3 is 0 Å². The average Bonchev–Trinajstić information content (AvgIpc) is 3.10. The number of hydrogen-bond donors (Lipinski definition) is 0. The molecule has 2 aliphatic heterocycles. The van der Waals surface area contributed by atoms with E-state index < -0.39 is 0 Å². The molecule has 3 nitrogen and oxygen atoms in total. The van der Waals surface area contributed by atoms with Crippen LogP contribution >= 0.6 is 12.4 Å². The van der Waals surface area contributed by atoms with Gasteiger partial charge in [-0.25, -0.2) is 0 Å². The van der Waals surface area contributed by atoms with Crippen molar-refractivity contribution < 1.29 is 9.47 Å². The highest BCUT2D eigenvalue weighted by Crippen LogP contribution is 2.33. The summed E-state index contributed by atoms with van der Waals surface area (Å²) < 4.78 is 10.8. The van der Waals surface area contributed by atoms with Gasteiger partial charge in [0.05, 0.1) is 0 Å². The largest absolute Gasteiger partial charge is 0.454 e. The molecule has 2 aliphatic rings. The van der Waals surface area contributed by atoms with Crippen LogP contribution in [0.3, 0.4) is 0 Å². The zero-order valence-corrected chi connectivity index (χ0v) is 14.9. The molecule has 0 amide bonds. The summed E-state index contributed by atoms with van der Waals surface area (Å²) in [7, 11) is 0. The average molecular weight is 356 g/mol. The molecule has 25 heavy (non-hydrogen) atoms. The SMILES string of the molecule is C1=C(/C=C/c2ccc3c(c2)OCO3)CCN(Cc2ccccc2)C1.Cl. The van der Waals surface area contributed by atoms with Crippen molar-refractivity contribution in [1.29, 1.82) is 0 Å². The van der Waals surface area contributed by atoms with Gasteiger partial charge in [-0.05, 0) is 35.3 Å². The highest BCUT2D eigenvalue weighted by atomic mass is 35.5. The van der Waals surface area contributed by atoms with Crippen LogP contribution in [0, 0.1) is 0 Å². The molecule has 130 valence electrons. The van der Waals surface area contributed by atoms with Crippen LogP contribution in [-0.2, 0) is 6.54 Å². The Hall–Kier alpha value is -2.23. The second-order valence-electron chi connectivity index (χ2n) is 6.20. The molecule has 4 heteroatoms. The molecule has 2 aromatic carbocycles. The molecule has 0 atom stereocenters. The van der Waals surface area contributed by atoms with E-state index in [1.165, 1.54) is 11.1 Å². The van der Waals surface area contributed by atoms with E-state index in [4.69, 9.17) is 9.47 Å². The lowest BCUT2D eigenvalue weighted by Crippen LogP contribution is -2.27. The molecular formula is C21H22ClNO2. The molecule has 0 radical (unpaired) electrons. The summed E-state index contributed by atoms with van der Waals surface area (Å²) in [5, 5.41) is 0. The molecule has 0 N–H and O–H groups in total. The van der Waals surface area contributed by atoms with Gasteiger partial charge in [-0.2, -0.15) is 0 Å². The van der Waals surface area contributed by atoms with E-state index in [0.717, 1.165) is 43.1 Å². The Morgan fingerprint density at radius 1 is 0.960 bits per heavy atom. The Morgan fingerprint density at radius 3 is 2.60 bits per heavy atom. The summed E-state index contributed by atoms with van der Waals surface area (Å²) in [6.07, 6.45) is 7.79. The summed E-state index contributed by atoms with van der Waals surface area (Å²) in [6.45, 7) is 3.46. The summed E-state index contributed by atoms with van der Waals surface area (Å²) in [5.74, 6) is 1.67. The Bertz CT molecular complexity index is 771. The molecule has 2 aromatic rings. The van der Waals surface area contributed by atoms with Crippen molar-refractivity contribution >= 4 is 18.5 Å². The van der Waals surface area contributed by atoms with Crippen molar-refractivity contribution in [2.45, 2.75) is 13.0 Å². The number of allylic oxidation sites excluding steroid dienone is 1. The van der Waals surface area contributed by atoms with Crippen molar-refractivity contribution in [3.05, 3.63) is 77.4 Å². The van der Waals surface area contributed by atoms with E-state index >= 15 is 0 Å². The predicted octanol–water partition coefficient (Wildman–Crippen LogP) is 4.68. The van der Waals surface area contributed by atoms with Gasteiger partial charge in [0.25, 0.3) is 0 Å². The number of rotatable bonds is 4. The first-order chi connectivity index (χ1) is 11.9. The minimum absolute atomic E-state index is 0. The van der Waals surface area contributed by atoms with Gasteiger partial charge in [0, 0.05) is 19.6 Å². The zero-order chi connectivity index (χ0) is 16.2. The fourth-order valence-corrected chi connectivity index (χ4v) is 3.08. The number of benzene rings is 2. The minimum atomic E-state index is 0. The van der Waals surface area contributed by atoms with Crippen molar-refractivity contribution in [3.8, 4) is 11.5 Å². The second-order valence-corrected chi connectivity index (χ2v) is 6.20. The van der Waals surface area contributed by atoms with Crippen molar-refractivity contribution in [2.75, 3.05) is 19.9 Å². The number of halogens is 1. The molecule has 0 aromatic heterocycles. The predicted molar refractivity (Wildman–Crippen MR) is 103 cm³/mol. The molecule has 0 saturated carbocycles. The maximum Gasteiger partial charge on any atom is 0.231 e. The topological polar surface area (TPSA) is 21.7 Å². The van der Waals surface area contributed by atoms with Gasteiger partial charge in [-0.15, -0.1) is 12.4 Å². The van der Waals surface area contributed by atoms with Crippen LogP contribution in [0.4, 0.5) is 0 Å². The van der Waals surface area contributed by atoms with Crippen molar-refractivity contribution in [3.63, 3.8) is 0 Å². The Morgan fingerprint density at radius 2 is 1.80 bits per heavy atom. The van der Waals surface area contributed by atoms with Crippen LogP contribution in [0.2, 0.25) is 0 Å². The van der Waals surface area contributed by atoms with Crippen molar-refractivity contribution in [1.82, 2.24) is 4.90 Å². The van der Waals surface area contributed by atoms with E-state index in [0.29, 0.717) is 6.79 Å². The highest BCUT2D eigenvalue weighted by Gasteiger charge is 2.13. The molecule has 2 heterocycles. The van der Waals surface area contributed by atoms with E-state index in [2.05, 4.69) is 59.5 Å². The molecule has 0 aliphatic carbocycles. The first-order valence-electron chi connectivity index (χ1n) is 8.40.